The van der Waals surface area contributed by atoms with Gasteiger partial charge in [0.15, 0.2) is 0 Å². The van der Waals surface area contributed by atoms with Crippen LogP contribution in [0.1, 0.15) is 44.2 Å². The van der Waals surface area contributed by atoms with Crippen LogP contribution >= 0.6 is 0 Å². The average Bonchev–Trinajstić information content (AvgIpc) is 2.86. The number of aromatic nitrogens is 2. The van der Waals surface area contributed by atoms with Crippen LogP contribution in [0.5, 0.6) is 0 Å². The molecule has 0 amide bonds. The third-order valence-corrected chi connectivity index (χ3v) is 4.16. The Balaban J connectivity index is 1.75. The van der Waals surface area contributed by atoms with Crippen LogP contribution < -0.4 is 5.32 Å². The topological polar surface area (TPSA) is 29.9 Å². The number of rotatable bonds is 3. The predicted octanol–water partition coefficient (Wildman–Crippen LogP) is 2.15. The molecule has 1 N–H and O–H groups in total. The Kier molecular flexibility index (Phi) is 2.51. The molecule has 16 heavy (non-hydrogen) atoms. The van der Waals surface area contributed by atoms with Gasteiger partial charge in [-0.2, -0.15) is 0 Å². The largest absolute Gasteiger partial charge is 0.334 e. The van der Waals surface area contributed by atoms with Crippen LogP contribution in [-0.2, 0) is 6.54 Å². The molecule has 2 heterocycles. The third kappa shape index (κ3) is 2.01. The first-order valence-electron chi connectivity index (χ1n) is 6.48. The molecule has 1 aliphatic heterocycles. The maximum absolute atomic E-state index is 4.35. The second kappa shape index (κ2) is 3.88. The van der Waals surface area contributed by atoms with Crippen molar-refractivity contribution in [2.45, 2.75) is 45.1 Å². The van der Waals surface area contributed by atoms with E-state index in [1.165, 1.54) is 37.9 Å². The molecular weight excluding hydrogens is 198 g/mol. The van der Waals surface area contributed by atoms with E-state index in [4.69, 9.17) is 0 Å². The SMILES string of the molecule is CC1(Cn2cncc2C2CCNCC2)CC1. The molecule has 88 valence electrons. The van der Waals surface area contributed by atoms with Crippen molar-refractivity contribution in [3.05, 3.63) is 18.2 Å². The van der Waals surface area contributed by atoms with Crippen LogP contribution in [0.15, 0.2) is 12.5 Å². The number of nitrogens with one attached hydrogen (secondary N) is 1. The Morgan fingerprint density at radius 1 is 1.44 bits per heavy atom. The highest BCUT2D eigenvalue weighted by Crippen LogP contribution is 2.46. The van der Waals surface area contributed by atoms with Gasteiger partial charge in [-0.05, 0) is 44.2 Å². The van der Waals surface area contributed by atoms with Crippen molar-refractivity contribution >= 4 is 0 Å². The second-order valence-corrected chi connectivity index (χ2v) is 5.78. The van der Waals surface area contributed by atoms with Crippen molar-refractivity contribution in [3.63, 3.8) is 0 Å². The normalized spacial score (nSPS) is 24.6. The lowest BCUT2D eigenvalue weighted by Crippen LogP contribution is -2.28. The van der Waals surface area contributed by atoms with Gasteiger partial charge in [0.25, 0.3) is 0 Å². The predicted molar refractivity (Wildman–Crippen MR) is 64.4 cm³/mol. The smallest absolute Gasteiger partial charge is 0.0948 e. The number of imidazole rings is 1. The molecule has 2 fully saturated rings. The zero-order valence-corrected chi connectivity index (χ0v) is 10.1. The average molecular weight is 219 g/mol. The van der Waals surface area contributed by atoms with Crippen LogP contribution in [0.4, 0.5) is 0 Å². The number of nitrogens with zero attached hydrogens (tertiary/aromatic N) is 2. The van der Waals surface area contributed by atoms with E-state index in [9.17, 15) is 0 Å². The summed E-state index contributed by atoms with van der Waals surface area (Å²) >= 11 is 0. The van der Waals surface area contributed by atoms with Crippen LogP contribution in [-0.4, -0.2) is 22.6 Å². The van der Waals surface area contributed by atoms with E-state index in [2.05, 4.69) is 28.0 Å². The Morgan fingerprint density at radius 3 is 2.88 bits per heavy atom. The Bertz CT molecular complexity index is 359. The second-order valence-electron chi connectivity index (χ2n) is 5.78. The fraction of sp³-hybridized carbons (Fsp3) is 0.769. The Labute approximate surface area is 97.3 Å². The summed E-state index contributed by atoms with van der Waals surface area (Å²) in [5, 5.41) is 3.43. The van der Waals surface area contributed by atoms with Gasteiger partial charge < -0.3 is 9.88 Å². The van der Waals surface area contributed by atoms with Gasteiger partial charge in [0.1, 0.15) is 0 Å². The van der Waals surface area contributed by atoms with Crippen molar-refractivity contribution in [2.75, 3.05) is 13.1 Å². The molecule has 1 saturated heterocycles. The lowest BCUT2D eigenvalue weighted by atomic mass is 9.94. The molecule has 1 aliphatic carbocycles. The molecule has 2 aliphatic rings. The van der Waals surface area contributed by atoms with Crippen LogP contribution in [0.3, 0.4) is 0 Å². The van der Waals surface area contributed by atoms with E-state index in [1.54, 1.807) is 0 Å². The Morgan fingerprint density at radius 2 is 2.19 bits per heavy atom. The number of hydrogen-bond donors (Lipinski definition) is 1. The van der Waals surface area contributed by atoms with Crippen molar-refractivity contribution in [2.24, 2.45) is 5.41 Å². The molecule has 3 heteroatoms. The third-order valence-electron chi connectivity index (χ3n) is 4.16. The van der Waals surface area contributed by atoms with Gasteiger partial charge in [-0.25, -0.2) is 4.98 Å². The summed E-state index contributed by atoms with van der Waals surface area (Å²) < 4.78 is 2.41. The van der Waals surface area contributed by atoms with Gasteiger partial charge in [-0.15, -0.1) is 0 Å². The zero-order chi connectivity index (χ0) is 11.0. The van der Waals surface area contributed by atoms with Gasteiger partial charge >= 0.3 is 0 Å². The van der Waals surface area contributed by atoms with Crippen LogP contribution in [0, 0.1) is 5.41 Å². The van der Waals surface area contributed by atoms with E-state index in [-0.39, 0.29) is 0 Å². The zero-order valence-electron chi connectivity index (χ0n) is 10.1. The minimum Gasteiger partial charge on any atom is -0.334 e. The van der Waals surface area contributed by atoms with Crippen LogP contribution in [0.2, 0.25) is 0 Å². The highest BCUT2D eigenvalue weighted by atomic mass is 15.1. The first kappa shape index (κ1) is 10.3. The lowest BCUT2D eigenvalue weighted by Gasteiger charge is -2.24. The fourth-order valence-electron chi connectivity index (χ4n) is 2.70. The molecule has 0 atom stereocenters. The molecule has 0 spiro atoms. The summed E-state index contributed by atoms with van der Waals surface area (Å²) in [6, 6.07) is 0. The Hall–Kier alpha value is -0.830. The van der Waals surface area contributed by atoms with E-state index < -0.39 is 0 Å². The first-order chi connectivity index (χ1) is 7.77. The van der Waals surface area contributed by atoms with Gasteiger partial charge in [-0.1, -0.05) is 6.92 Å². The highest BCUT2D eigenvalue weighted by molar-refractivity contribution is 5.09. The van der Waals surface area contributed by atoms with Gasteiger partial charge in [-0.3, -0.25) is 0 Å². The quantitative estimate of drug-likeness (QED) is 0.844. The van der Waals surface area contributed by atoms with E-state index in [0.717, 1.165) is 19.0 Å². The molecule has 3 rings (SSSR count). The van der Waals surface area contributed by atoms with Crippen molar-refractivity contribution in [3.8, 4) is 0 Å². The summed E-state index contributed by atoms with van der Waals surface area (Å²) in [7, 11) is 0. The van der Waals surface area contributed by atoms with E-state index >= 15 is 0 Å². The summed E-state index contributed by atoms with van der Waals surface area (Å²) in [5.41, 5.74) is 2.04. The first-order valence-corrected chi connectivity index (χ1v) is 6.48. The number of piperidine rings is 1. The van der Waals surface area contributed by atoms with Crippen molar-refractivity contribution < 1.29 is 0 Å². The molecule has 3 nitrogen and oxygen atoms in total. The summed E-state index contributed by atoms with van der Waals surface area (Å²) in [4.78, 5) is 4.35. The molecule has 1 aromatic rings. The molecule has 1 saturated carbocycles. The molecule has 0 aromatic carbocycles. The fourth-order valence-corrected chi connectivity index (χ4v) is 2.70. The van der Waals surface area contributed by atoms with E-state index in [0.29, 0.717) is 5.41 Å². The highest BCUT2D eigenvalue weighted by Gasteiger charge is 2.38. The number of hydrogen-bond acceptors (Lipinski definition) is 2. The summed E-state index contributed by atoms with van der Waals surface area (Å²) in [6.07, 6.45) is 9.42. The summed E-state index contributed by atoms with van der Waals surface area (Å²) in [5.74, 6) is 0.728. The van der Waals surface area contributed by atoms with Crippen molar-refractivity contribution in [1.82, 2.24) is 14.9 Å². The monoisotopic (exact) mass is 219 g/mol. The summed E-state index contributed by atoms with van der Waals surface area (Å²) in [6.45, 7) is 5.88. The minimum absolute atomic E-state index is 0.572. The molecule has 1 aromatic heterocycles. The maximum Gasteiger partial charge on any atom is 0.0948 e. The molecular formula is C13H21N3. The standard InChI is InChI=1S/C13H21N3/c1-13(4-5-13)9-16-10-15-8-12(16)11-2-6-14-7-3-11/h8,10-11,14H,2-7,9H2,1H3. The molecule has 0 radical (unpaired) electrons. The molecule has 0 unspecified atom stereocenters. The maximum atomic E-state index is 4.35. The minimum atomic E-state index is 0.572. The molecule has 0 bridgehead atoms. The lowest BCUT2D eigenvalue weighted by molar-refractivity contribution is 0.407. The van der Waals surface area contributed by atoms with Gasteiger partial charge in [0, 0.05) is 24.4 Å². The van der Waals surface area contributed by atoms with Crippen molar-refractivity contribution in [1.29, 1.82) is 0 Å². The van der Waals surface area contributed by atoms with Crippen LogP contribution in [0.25, 0.3) is 0 Å². The van der Waals surface area contributed by atoms with Gasteiger partial charge in [0.05, 0.1) is 6.33 Å². The van der Waals surface area contributed by atoms with E-state index in [1.807, 2.05) is 6.33 Å². The van der Waals surface area contributed by atoms with Gasteiger partial charge in [0.2, 0.25) is 0 Å².